The van der Waals surface area contributed by atoms with Gasteiger partial charge in [0.15, 0.2) is 0 Å². The minimum Gasteiger partial charge on any atom is -0.391 e. The van der Waals surface area contributed by atoms with Crippen molar-refractivity contribution >= 4 is 0 Å². The van der Waals surface area contributed by atoms with Crippen LogP contribution in [0.3, 0.4) is 0 Å². The highest BCUT2D eigenvalue weighted by Gasteiger charge is 2.30. The number of rotatable bonds is 6. The van der Waals surface area contributed by atoms with Crippen LogP contribution in [0.4, 0.5) is 0 Å². The second kappa shape index (κ2) is 20.4. The van der Waals surface area contributed by atoms with Crippen molar-refractivity contribution in [3.05, 3.63) is 156 Å². The predicted molar refractivity (Wildman–Crippen MR) is 266 cm³/mol. The molecular formula is C53H80N6O4. The van der Waals surface area contributed by atoms with Crippen LogP contribution < -0.4 is 16.7 Å². The van der Waals surface area contributed by atoms with E-state index in [2.05, 4.69) is 73.9 Å². The normalized spacial score (nSPS) is 12.3. The van der Waals surface area contributed by atoms with Crippen LogP contribution in [0.25, 0.3) is 17.1 Å². The molecule has 0 saturated carbocycles. The highest BCUT2D eigenvalue weighted by Crippen LogP contribution is 2.28. The van der Waals surface area contributed by atoms with E-state index in [1.54, 1.807) is 16.3 Å². The molecule has 1 atom stereocenters. The molecule has 0 aliphatic rings. The molecule has 63 heavy (non-hydrogen) atoms. The van der Waals surface area contributed by atoms with Crippen molar-refractivity contribution in [2.75, 3.05) is 0 Å². The Hall–Kier alpha value is -5.35. The molecule has 0 radical (unpaired) electrons. The van der Waals surface area contributed by atoms with E-state index < -0.39 is 6.10 Å². The molecule has 3 aromatic carbocycles. The van der Waals surface area contributed by atoms with E-state index in [4.69, 9.17) is 0 Å². The molecule has 1 unspecified atom stereocenters. The summed E-state index contributed by atoms with van der Waals surface area (Å²) in [6, 6.07) is 29.2. The van der Waals surface area contributed by atoms with Gasteiger partial charge in [-0.15, -0.1) is 0 Å². The summed E-state index contributed by atoms with van der Waals surface area (Å²) in [5.74, 6) is 0. The second-order valence-corrected chi connectivity index (χ2v) is 20.6. The molecule has 0 bridgehead atoms. The number of aliphatic hydroxyl groups is 1. The number of nitrogens with zero attached hydrogens (tertiary/aromatic N) is 6. The maximum Gasteiger partial charge on any atom is 0.275 e. The van der Waals surface area contributed by atoms with Crippen molar-refractivity contribution in [3.63, 3.8) is 0 Å². The van der Waals surface area contributed by atoms with Gasteiger partial charge in [-0.05, 0) is 85.8 Å². The van der Waals surface area contributed by atoms with Crippen LogP contribution in [0.2, 0.25) is 0 Å². The van der Waals surface area contributed by atoms with Gasteiger partial charge in [0.1, 0.15) is 0 Å². The lowest BCUT2D eigenvalue weighted by Gasteiger charge is -2.23. The van der Waals surface area contributed by atoms with Gasteiger partial charge in [0.05, 0.1) is 29.7 Å². The maximum atomic E-state index is 13.1. The van der Waals surface area contributed by atoms with E-state index in [1.165, 1.54) is 0 Å². The molecule has 0 saturated heterocycles. The third-order valence-corrected chi connectivity index (χ3v) is 10.7. The van der Waals surface area contributed by atoms with Crippen molar-refractivity contribution in [1.29, 1.82) is 0 Å². The molecule has 346 valence electrons. The molecular weight excluding hydrogens is 785 g/mol. The van der Waals surface area contributed by atoms with Crippen LogP contribution >= 0.6 is 0 Å². The van der Waals surface area contributed by atoms with Gasteiger partial charge in [-0.3, -0.25) is 28.4 Å². The van der Waals surface area contributed by atoms with Gasteiger partial charge in [0.25, 0.3) is 16.7 Å². The van der Waals surface area contributed by atoms with Gasteiger partial charge in [0.2, 0.25) is 0 Å². The molecule has 3 heterocycles. The van der Waals surface area contributed by atoms with Crippen LogP contribution in [0.5, 0.6) is 0 Å². The Labute approximate surface area is 378 Å². The van der Waals surface area contributed by atoms with E-state index in [0.717, 1.165) is 57.4 Å². The summed E-state index contributed by atoms with van der Waals surface area (Å²) in [4.78, 5) is 38.6. The average molecular weight is 865 g/mol. The highest BCUT2D eigenvalue weighted by atomic mass is 16.3. The van der Waals surface area contributed by atoms with E-state index in [9.17, 15) is 19.5 Å². The Morgan fingerprint density at radius 2 is 0.762 bits per heavy atom. The van der Waals surface area contributed by atoms with E-state index >= 15 is 0 Å². The third-order valence-electron chi connectivity index (χ3n) is 10.7. The predicted octanol–water partition coefficient (Wildman–Crippen LogP) is 11.0. The molecule has 10 nitrogen and oxygen atoms in total. The number of hydrogen-bond donors (Lipinski definition) is 1. The molecule has 0 amide bonds. The van der Waals surface area contributed by atoms with Crippen LogP contribution in [-0.2, 0) is 36.4 Å². The third kappa shape index (κ3) is 12.2. The van der Waals surface area contributed by atoms with Gasteiger partial charge in [0, 0.05) is 47.4 Å². The molecule has 6 rings (SSSR count). The number of aromatic nitrogens is 6. The molecule has 3 aromatic heterocycles. The topological polar surface area (TPSA) is 101 Å². The smallest absolute Gasteiger partial charge is 0.275 e. The van der Waals surface area contributed by atoms with E-state index in [-0.39, 0.29) is 53.2 Å². The van der Waals surface area contributed by atoms with Gasteiger partial charge in [-0.2, -0.15) is 0 Å². The maximum absolute atomic E-state index is 13.1. The SMILES string of the molecule is C.C.Cc1c(C(C)(C)C)c(=O)n(-c2ccccc2)n1C.Cc1c(C(C)(C)C)c(=O)n(-c2ccccc2)n1CC(C)(C)C.Cc1c(C(C)(C)C)c(=O)n(-c2ccccc2)n1CC(C)O. The summed E-state index contributed by atoms with van der Waals surface area (Å²) in [6.07, 6.45) is -0.515. The fourth-order valence-electron chi connectivity index (χ4n) is 8.22. The van der Waals surface area contributed by atoms with Crippen molar-refractivity contribution in [2.45, 2.75) is 161 Å². The first kappa shape index (κ1) is 53.8. The van der Waals surface area contributed by atoms with Gasteiger partial charge in [-0.25, -0.2) is 14.0 Å². The average Bonchev–Trinajstić information content (AvgIpc) is 3.64. The molecule has 10 heteroatoms. The van der Waals surface area contributed by atoms with E-state index in [1.807, 2.05) is 147 Å². The van der Waals surface area contributed by atoms with E-state index in [0.29, 0.717) is 6.54 Å². The number of benzene rings is 3. The van der Waals surface area contributed by atoms with Crippen molar-refractivity contribution < 1.29 is 5.11 Å². The Morgan fingerprint density at radius 1 is 0.476 bits per heavy atom. The Kier molecular flexibility index (Phi) is 17.4. The summed E-state index contributed by atoms with van der Waals surface area (Å²) >= 11 is 0. The molecule has 0 aliphatic carbocycles. The summed E-state index contributed by atoms with van der Waals surface area (Å²) in [5, 5.41) is 9.77. The monoisotopic (exact) mass is 865 g/mol. The Bertz CT molecular complexity index is 2570. The molecule has 1 N–H and O–H groups in total. The largest absolute Gasteiger partial charge is 0.391 e. The summed E-state index contributed by atoms with van der Waals surface area (Å²) < 4.78 is 11.2. The molecule has 0 fully saturated rings. The van der Waals surface area contributed by atoms with Crippen molar-refractivity contribution in [2.24, 2.45) is 12.5 Å². The standard InChI is InChI=1S/C19H28N2O.C17H24N2O2.C15H20N2O.2CH4/c1-14-16(19(5,6)7)17(22)21(15-11-9-8-10-12-15)20(14)13-18(2,3)4;1-12(20)11-18-13(2)15(17(3,4)5)16(21)19(18)14-9-7-6-8-10-14;1-11-13(15(2,3)4)14(18)17(16(11)5)12-9-7-6-8-10-12;;/h8-12H,13H2,1-7H3;6-10,12,20H,11H2,1-5H3;6-10H,1-5H3;2*1H4. The number of hydrogen-bond acceptors (Lipinski definition) is 4. The number of para-hydroxylation sites is 3. The molecule has 6 aromatic rings. The minimum atomic E-state index is -0.515. The summed E-state index contributed by atoms with van der Waals surface area (Å²) in [5.41, 5.74) is 7.97. The fraction of sp³-hybridized carbons (Fsp3) is 0.491. The molecule has 0 aliphatic heterocycles. The summed E-state index contributed by atoms with van der Waals surface area (Å²) in [6.45, 7) is 34.2. The quantitative estimate of drug-likeness (QED) is 0.180. The first-order valence-corrected chi connectivity index (χ1v) is 21.4. The summed E-state index contributed by atoms with van der Waals surface area (Å²) in [7, 11) is 1.93. The lowest BCUT2D eigenvalue weighted by Crippen LogP contribution is -2.28. The second-order valence-electron chi connectivity index (χ2n) is 20.6. The zero-order chi connectivity index (χ0) is 46.0. The lowest BCUT2D eigenvalue weighted by atomic mass is 9.87. The van der Waals surface area contributed by atoms with Crippen molar-refractivity contribution in [1.82, 2.24) is 28.1 Å². The van der Waals surface area contributed by atoms with Crippen LogP contribution in [0.15, 0.2) is 105 Å². The Balaban J connectivity index is 0.000000321. The number of aliphatic hydroxyl groups excluding tert-OH is 1. The minimum absolute atomic E-state index is 0. The van der Waals surface area contributed by atoms with Gasteiger partial charge in [-0.1, -0.05) is 153 Å². The molecule has 0 spiro atoms. The van der Waals surface area contributed by atoms with Crippen LogP contribution in [0.1, 0.15) is 139 Å². The van der Waals surface area contributed by atoms with Gasteiger partial charge >= 0.3 is 0 Å². The van der Waals surface area contributed by atoms with Gasteiger partial charge < -0.3 is 5.11 Å². The first-order chi connectivity index (χ1) is 28.1. The Morgan fingerprint density at radius 3 is 1.06 bits per heavy atom. The first-order valence-electron chi connectivity index (χ1n) is 21.4. The fourth-order valence-corrected chi connectivity index (χ4v) is 8.22. The van der Waals surface area contributed by atoms with Crippen LogP contribution in [-0.4, -0.2) is 39.3 Å². The highest BCUT2D eigenvalue weighted by molar-refractivity contribution is 5.38. The van der Waals surface area contributed by atoms with Crippen molar-refractivity contribution in [3.8, 4) is 17.1 Å². The zero-order valence-electron chi connectivity index (χ0n) is 40.0. The van der Waals surface area contributed by atoms with Crippen LogP contribution in [0, 0.1) is 26.2 Å². The zero-order valence-corrected chi connectivity index (χ0v) is 40.0. The lowest BCUT2D eigenvalue weighted by molar-refractivity contribution is 0.163.